The summed E-state index contributed by atoms with van der Waals surface area (Å²) < 4.78 is 0.729. The summed E-state index contributed by atoms with van der Waals surface area (Å²) in [5, 5.41) is 5.33. The second-order valence-electron chi connectivity index (χ2n) is 4.01. The SMILES string of the molecule is Cc1ccc(C(=O)Nc2nc(-c3ccc(Cl)s3)cs2)s1. The first-order valence-electron chi connectivity index (χ1n) is 5.71. The molecule has 0 spiro atoms. The average Bonchev–Trinajstić information content (AvgIpc) is 3.10. The van der Waals surface area contributed by atoms with Crippen molar-refractivity contribution in [3.8, 4) is 10.6 Å². The number of carbonyl (C=O) groups is 1. The predicted octanol–water partition coefficient (Wildman–Crippen LogP) is 5.15. The van der Waals surface area contributed by atoms with E-state index in [1.807, 2.05) is 36.6 Å². The Labute approximate surface area is 132 Å². The van der Waals surface area contributed by atoms with Crippen LogP contribution in [-0.4, -0.2) is 10.9 Å². The number of rotatable bonds is 3. The van der Waals surface area contributed by atoms with E-state index in [2.05, 4.69) is 10.3 Å². The van der Waals surface area contributed by atoms with Crippen molar-refractivity contribution in [1.82, 2.24) is 4.98 Å². The topological polar surface area (TPSA) is 42.0 Å². The minimum absolute atomic E-state index is 0.117. The number of aromatic nitrogens is 1. The van der Waals surface area contributed by atoms with E-state index < -0.39 is 0 Å². The molecule has 0 fully saturated rings. The minimum atomic E-state index is -0.117. The molecule has 0 radical (unpaired) electrons. The zero-order valence-electron chi connectivity index (χ0n) is 10.3. The third-order valence-electron chi connectivity index (χ3n) is 2.51. The van der Waals surface area contributed by atoms with Crippen LogP contribution in [0.4, 0.5) is 5.13 Å². The molecule has 3 aromatic rings. The molecule has 0 aliphatic rings. The number of nitrogens with one attached hydrogen (secondary N) is 1. The Morgan fingerprint density at radius 3 is 2.75 bits per heavy atom. The van der Waals surface area contributed by atoms with Crippen molar-refractivity contribution >= 4 is 56.7 Å². The molecular weight excluding hydrogens is 332 g/mol. The van der Waals surface area contributed by atoms with Crippen LogP contribution in [0.25, 0.3) is 10.6 Å². The monoisotopic (exact) mass is 340 g/mol. The van der Waals surface area contributed by atoms with Crippen LogP contribution in [0.3, 0.4) is 0 Å². The summed E-state index contributed by atoms with van der Waals surface area (Å²) in [5.41, 5.74) is 0.838. The molecule has 3 heterocycles. The molecule has 0 aliphatic carbocycles. The maximum atomic E-state index is 12.0. The van der Waals surface area contributed by atoms with E-state index >= 15 is 0 Å². The van der Waals surface area contributed by atoms with Gasteiger partial charge in [0, 0.05) is 10.3 Å². The number of nitrogens with zero attached hydrogens (tertiary/aromatic N) is 1. The molecule has 1 amide bonds. The van der Waals surface area contributed by atoms with Gasteiger partial charge < -0.3 is 0 Å². The van der Waals surface area contributed by atoms with Crippen molar-refractivity contribution in [1.29, 1.82) is 0 Å². The lowest BCUT2D eigenvalue weighted by atomic mass is 10.4. The minimum Gasteiger partial charge on any atom is -0.297 e. The van der Waals surface area contributed by atoms with Gasteiger partial charge in [0.2, 0.25) is 0 Å². The molecule has 0 saturated heterocycles. The van der Waals surface area contributed by atoms with Crippen LogP contribution in [0, 0.1) is 6.92 Å². The molecule has 1 N–H and O–H groups in total. The molecule has 3 nitrogen and oxygen atoms in total. The Bertz CT molecular complexity index is 759. The third-order valence-corrected chi connectivity index (χ3v) is 5.53. The van der Waals surface area contributed by atoms with E-state index in [0.29, 0.717) is 10.0 Å². The first-order valence-corrected chi connectivity index (χ1v) is 8.60. The lowest BCUT2D eigenvalue weighted by Crippen LogP contribution is -2.09. The molecule has 0 saturated carbocycles. The number of carbonyl (C=O) groups excluding carboxylic acids is 1. The number of hydrogen-bond donors (Lipinski definition) is 1. The Morgan fingerprint density at radius 2 is 2.10 bits per heavy atom. The fourth-order valence-corrected chi connectivity index (χ4v) is 4.16. The van der Waals surface area contributed by atoms with Gasteiger partial charge in [0.25, 0.3) is 5.91 Å². The summed E-state index contributed by atoms with van der Waals surface area (Å²) in [7, 11) is 0. The van der Waals surface area contributed by atoms with Crippen molar-refractivity contribution < 1.29 is 4.79 Å². The zero-order valence-corrected chi connectivity index (χ0v) is 13.6. The summed E-state index contributed by atoms with van der Waals surface area (Å²) in [4.78, 5) is 19.2. The van der Waals surface area contributed by atoms with Crippen LogP contribution in [0.5, 0.6) is 0 Å². The summed E-state index contributed by atoms with van der Waals surface area (Å²) >= 11 is 10.3. The van der Waals surface area contributed by atoms with E-state index in [1.165, 1.54) is 34.0 Å². The van der Waals surface area contributed by atoms with Gasteiger partial charge in [-0.25, -0.2) is 4.98 Å². The number of hydrogen-bond acceptors (Lipinski definition) is 5. The van der Waals surface area contributed by atoms with E-state index in [4.69, 9.17) is 11.6 Å². The van der Waals surface area contributed by atoms with Crippen LogP contribution in [0.2, 0.25) is 4.34 Å². The molecule has 0 aromatic carbocycles. The number of thiazole rings is 1. The normalized spacial score (nSPS) is 10.7. The van der Waals surface area contributed by atoms with Gasteiger partial charge in [-0.1, -0.05) is 11.6 Å². The van der Waals surface area contributed by atoms with Crippen LogP contribution in [0.15, 0.2) is 29.6 Å². The summed E-state index contributed by atoms with van der Waals surface area (Å²) in [6.07, 6.45) is 0. The number of anilines is 1. The quantitative estimate of drug-likeness (QED) is 0.716. The number of thiophene rings is 2. The molecule has 3 rings (SSSR count). The van der Waals surface area contributed by atoms with E-state index in [-0.39, 0.29) is 5.91 Å². The second kappa shape index (κ2) is 5.65. The molecule has 0 unspecified atom stereocenters. The molecule has 0 atom stereocenters. The highest BCUT2D eigenvalue weighted by Crippen LogP contribution is 2.33. The highest BCUT2D eigenvalue weighted by Gasteiger charge is 2.12. The molecule has 3 aromatic heterocycles. The first kappa shape index (κ1) is 13.8. The standard InChI is InChI=1S/C13H9ClN2OS3/c1-7-2-3-10(19-7)12(17)16-13-15-8(6-18-13)9-4-5-11(14)20-9/h2-6H,1H3,(H,15,16,17). The molecule has 0 bridgehead atoms. The number of amides is 1. The maximum absolute atomic E-state index is 12.0. The van der Waals surface area contributed by atoms with Crippen LogP contribution in [0.1, 0.15) is 14.5 Å². The van der Waals surface area contributed by atoms with E-state index in [1.54, 1.807) is 0 Å². The van der Waals surface area contributed by atoms with Gasteiger partial charge in [0.15, 0.2) is 5.13 Å². The molecule has 7 heteroatoms. The summed E-state index contributed by atoms with van der Waals surface area (Å²) in [5.74, 6) is -0.117. The lowest BCUT2D eigenvalue weighted by Gasteiger charge is -1.97. The van der Waals surface area contributed by atoms with Crippen LogP contribution < -0.4 is 5.32 Å². The van der Waals surface area contributed by atoms with Gasteiger partial charge in [-0.05, 0) is 31.2 Å². The summed E-state index contributed by atoms with van der Waals surface area (Å²) in [6, 6.07) is 7.52. The Balaban J connectivity index is 1.76. The average molecular weight is 341 g/mol. The fourth-order valence-electron chi connectivity index (χ4n) is 1.61. The Hall–Kier alpha value is -1.21. The van der Waals surface area contributed by atoms with Gasteiger partial charge in [-0.2, -0.15) is 0 Å². The predicted molar refractivity (Wildman–Crippen MR) is 87.4 cm³/mol. The van der Waals surface area contributed by atoms with Gasteiger partial charge >= 0.3 is 0 Å². The lowest BCUT2D eigenvalue weighted by molar-refractivity contribution is 0.103. The second-order valence-corrected chi connectivity index (χ2v) is 7.87. The van der Waals surface area contributed by atoms with Gasteiger partial charge in [0.05, 0.1) is 19.8 Å². The molecule has 102 valence electrons. The highest BCUT2D eigenvalue weighted by molar-refractivity contribution is 7.20. The summed E-state index contributed by atoms with van der Waals surface area (Å²) in [6.45, 7) is 1.98. The zero-order chi connectivity index (χ0) is 14.1. The molecular formula is C13H9ClN2OS3. The Morgan fingerprint density at radius 1 is 1.25 bits per heavy atom. The first-order chi connectivity index (χ1) is 9.61. The van der Waals surface area contributed by atoms with Gasteiger partial charge in [-0.3, -0.25) is 10.1 Å². The van der Waals surface area contributed by atoms with Crippen molar-refractivity contribution in [3.63, 3.8) is 0 Å². The van der Waals surface area contributed by atoms with Crippen molar-refractivity contribution in [2.75, 3.05) is 5.32 Å². The largest absolute Gasteiger partial charge is 0.297 e. The third kappa shape index (κ3) is 2.93. The number of halogens is 1. The highest BCUT2D eigenvalue weighted by atomic mass is 35.5. The molecule has 0 aliphatic heterocycles. The van der Waals surface area contributed by atoms with E-state index in [0.717, 1.165) is 19.8 Å². The fraction of sp³-hybridized carbons (Fsp3) is 0.0769. The van der Waals surface area contributed by atoms with Crippen molar-refractivity contribution in [2.45, 2.75) is 6.92 Å². The molecule has 20 heavy (non-hydrogen) atoms. The smallest absolute Gasteiger partial charge is 0.267 e. The van der Waals surface area contributed by atoms with Gasteiger partial charge in [0.1, 0.15) is 0 Å². The number of aryl methyl sites for hydroxylation is 1. The Kier molecular flexibility index (Phi) is 3.89. The van der Waals surface area contributed by atoms with Crippen LogP contribution >= 0.6 is 45.6 Å². The maximum Gasteiger partial charge on any atom is 0.267 e. The van der Waals surface area contributed by atoms with Gasteiger partial charge in [-0.15, -0.1) is 34.0 Å². The van der Waals surface area contributed by atoms with Crippen molar-refractivity contribution in [3.05, 3.63) is 43.7 Å². The van der Waals surface area contributed by atoms with E-state index in [9.17, 15) is 4.79 Å². The van der Waals surface area contributed by atoms with Crippen molar-refractivity contribution in [2.24, 2.45) is 0 Å². The van der Waals surface area contributed by atoms with Crippen LogP contribution in [-0.2, 0) is 0 Å².